The van der Waals surface area contributed by atoms with E-state index in [1.807, 2.05) is 6.07 Å². The number of benzene rings is 1. The summed E-state index contributed by atoms with van der Waals surface area (Å²) in [5.41, 5.74) is 0.476. The van der Waals surface area contributed by atoms with Crippen LogP contribution in [0.2, 0.25) is 0 Å². The molecule has 2 atom stereocenters. The summed E-state index contributed by atoms with van der Waals surface area (Å²) in [6, 6.07) is 8.69. The lowest BCUT2D eigenvalue weighted by molar-refractivity contribution is -0.144. The first-order valence-electron chi connectivity index (χ1n) is 8.20. The molecule has 1 saturated heterocycles. The van der Waals surface area contributed by atoms with Gasteiger partial charge in [-0.3, -0.25) is 9.59 Å². The molecule has 24 heavy (non-hydrogen) atoms. The van der Waals surface area contributed by atoms with Crippen LogP contribution in [0.3, 0.4) is 0 Å². The second-order valence-electron chi connectivity index (χ2n) is 6.01. The third-order valence-corrected chi connectivity index (χ3v) is 4.23. The molecule has 0 bridgehead atoms. The second kappa shape index (κ2) is 8.34. The third-order valence-electron chi connectivity index (χ3n) is 4.23. The van der Waals surface area contributed by atoms with Crippen LogP contribution in [0.4, 0.5) is 0 Å². The Morgan fingerprint density at radius 3 is 2.96 bits per heavy atom. The number of ether oxygens (including phenoxy) is 1. The second-order valence-corrected chi connectivity index (χ2v) is 6.01. The Morgan fingerprint density at radius 1 is 1.46 bits per heavy atom. The van der Waals surface area contributed by atoms with E-state index >= 15 is 0 Å². The van der Waals surface area contributed by atoms with Gasteiger partial charge in [0.15, 0.2) is 6.10 Å². The average Bonchev–Trinajstić information content (AvgIpc) is 2.59. The molecule has 6 heteroatoms. The first-order chi connectivity index (χ1) is 11.5. The van der Waals surface area contributed by atoms with Gasteiger partial charge in [-0.25, -0.2) is 0 Å². The summed E-state index contributed by atoms with van der Waals surface area (Å²) in [5, 5.41) is 17.8. The van der Waals surface area contributed by atoms with Gasteiger partial charge in [0.25, 0.3) is 5.91 Å². The minimum absolute atomic E-state index is 0.0427. The summed E-state index contributed by atoms with van der Waals surface area (Å²) in [5.74, 6) is -0.493. The van der Waals surface area contributed by atoms with Crippen LogP contribution < -0.4 is 4.74 Å². The van der Waals surface area contributed by atoms with E-state index < -0.39 is 12.1 Å². The number of aliphatic carboxylic acids is 1. The smallest absolute Gasteiger partial charge is 0.303 e. The van der Waals surface area contributed by atoms with Gasteiger partial charge in [0.1, 0.15) is 5.75 Å². The molecule has 0 unspecified atom stereocenters. The number of carboxylic acid groups (broad SMARTS) is 1. The number of amides is 1. The number of piperidine rings is 1. The third kappa shape index (κ3) is 4.72. The summed E-state index contributed by atoms with van der Waals surface area (Å²) in [6.45, 7) is 2.32. The molecule has 0 aromatic heterocycles. The number of hydrogen-bond acceptors (Lipinski definition) is 4. The molecule has 0 radical (unpaired) electrons. The minimum atomic E-state index is -0.842. The fraction of sp³-hybridized carbons (Fsp3) is 0.500. The van der Waals surface area contributed by atoms with Gasteiger partial charge in [-0.05, 0) is 50.8 Å². The Kier molecular flexibility index (Phi) is 6.19. The van der Waals surface area contributed by atoms with Crippen LogP contribution in [0, 0.1) is 11.3 Å². The van der Waals surface area contributed by atoms with E-state index in [9.17, 15) is 9.59 Å². The highest BCUT2D eigenvalue weighted by Crippen LogP contribution is 2.23. The maximum atomic E-state index is 12.7. The van der Waals surface area contributed by atoms with Crippen LogP contribution in [-0.4, -0.2) is 40.6 Å². The Hall–Kier alpha value is -2.55. The van der Waals surface area contributed by atoms with Gasteiger partial charge in [-0.1, -0.05) is 6.07 Å². The maximum absolute atomic E-state index is 12.7. The lowest BCUT2D eigenvalue weighted by Gasteiger charge is -2.37. The first kappa shape index (κ1) is 17.8. The van der Waals surface area contributed by atoms with Crippen molar-refractivity contribution in [1.29, 1.82) is 5.26 Å². The monoisotopic (exact) mass is 330 g/mol. The van der Waals surface area contributed by atoms with Gasteiger partial charge in [0.05, 0.1) is 11.6 Å². The van der Waals surface area contributed by atoms with Crippen LogP contribution in [0.1, 0.15) is 44.6 Å². The molecule has 1 aliphatic rings. The summed E-state index contributed by atoms with van der Waals surface area (Å²) in [7, 11) is 0. The fourth-order valence-electron chi connectivity index (χ4n) is 3.01. The van der Waals surface area contributed by atoms with Crippen molar-refractivity contribution in [3.63, 3.8) is 0 Å². The molecule has 1 aromatic rings. The highest BCUT2D eigenvalue weighted by atomic mass is 16.5. The van der Waals surface area contributed by atoms with Crippen LogP contribution in [0.15, 0.2) is 24.3 Å². The van der Waals surface area contributed by atoms with Crippen molar-refractivity contribution in [2.24, 2.45) is 0 Å². The van der Waals surface area contributed by atoms with E-state index in [0.29, 0.717) is 24.3 Å². The topological polar surface area (TPSA) is 90.6 Å². The average molecular weight is 330 g/mol. The maximum Gasteiger partial charge on any atom is 0.303 e. The Balaban J connectivity index is 2.01. The zero-order valence-electron chi connectivity index (χ0n) is 13.8. The van der Waals surface area contributed by atoms with Gasteiger partial charge in [0.2, 0.25) is 0 Å². The number of rotatable bonds is 6. The zero-order valence-corrected chi connectivity index (χ0v) is 13.8. The predicted octanol–water partition coefficient (Wildman–Crippen LogP) is 2.57. The van der Waals surface area contributed by atoms with Gasteiger partial charge < -0.3 is 14.7 Å². The summed E-state index contributed by atoms with van der Waals surface area (Å²) in [6.07, 6.45) is 2.62. The molecule has 1 heterocycles. The van der Waals surface area contributed by atoms with Crippen molar-refractivity contribution in [3.8, 4) is 11.8 Å². The van der Waals surface area contributed by atoms with Gasteiger partial charge in [-0.2, -0.15) is 5.26 Å². The molecule has 1 fully saturated rings. The van der Waals surface area contributed by atoms with Crippen molar-refractivity contribution in [3.05, 3.63) is 29.8 Å². The van der Waals surface area contributed by atoms with E-state index in [4.69, 9.17) is 15.1 Å². The number of carbonyl (C=O) groups is 2. The van der Waals surface area contributed by atoms with Crippen LogP contribution >= 0.6 is 0 Å². The minimum Gasteiger partial charge on any atom is -0.481 e. The first-order valence-corrected chi connectivity index (χ1v) is 8.20. The number of carboxylic acids is 1. The van der Waals surface area contributed by atoms with E-state index in [2.05, 4.69) is 0 Å². The van der Waals surface area contributed by atoms with Gasteiger partial charge >= 0.3 is 5.97 Å². The Morgan fingerprint density at radius 2 is 2.25 bits per heavy atom. The number of carbonyl (C=O) groups excluding carboxylic acids is 1. The molecule has 2 rings (SSSR count). The van der Waals surface area contributed by atoms with Crippen molar-refractivity contribution >= 4 is 11.9 Å². The molecule has 1 N–H and O–H groups in total. The number of hydrogen-bond donors (Lipinski definition) is 1. The van der Waals surface area contributed by atoms with E-state index in [-0.39, 0.29) is 18.4 Å². The number of nitriles is 1. The Labute approximate surface area is 141 Å². The molecular formula is C18H22N2O4. The molecule has 0 aliphatic carbocycles. The SMILES string of the molecule is C[C@@H](Oc1cccc(C#N)c1)C(=O)N1CCCC[C@@H]1CCC(=O)O. The van der Waals surface area contributed by atoms with Crippen molar-refractivity contribution < 1.29 is 19.4 Å². The lowest BCUT2D eigenvalue weighted by atomic mass is 9.97. The van der Waals surface area contributed by atoms with Gasteiger partial charge in [-0.15, -0.1) is 0 Å². The predicted molar refractivity (Wildman–Crippen MR) is 87.5 cm³/mol. The van der Waals surface area contributed by atoms with Crippen molar-refractivity contribution in [2.45, 2.75) is 51.2 Å². The summed E-state index contributed by atoms with van der Waals surface area (Å²) < 4.78 is 5.69. The Bertz CT molecular complexity index is 638. The lowest BCUT2D eigenvalue weighted by Crippen LogP contribution is -2.49. The molecule has 128 valence electrons. The zero-order chi connectivity index (χ0) is 17.5. The van der Waals surface area contributed by atoms with Crippen molar-refractivity contribution in [2.75, 3.05) is 6.54 Å². The summed E-state index contributed by atoms with van der Waals surface area (Å²) in [4.78, 5) is 25.3. The molecule has 1 aliphatic heterocycles. The van der Waals surface area contributed by atoms with E-state index in [1.165, 1.54) is 0 Å². The molecular weight excluding hydrogens is 308 g/mol. The van der Waals surface area contributed by atoms with Crippen molar-refractivity contribution in [1.82, 2.24) is 4.90 Å². The van der Waals surface area contributed by atoms with Crippen LogP contribution in [-0.2, 0) is 9.59 Å². The standard InChI is InChI=1S/C18H22N2O4/c1-13(24-16-7-4-5-14(11-16)12-19)18(23)20-10-3-2-6-15(20)8-9-17(21)22/h4-5,7,11,13,15H,2-3,6,8-10H2,1H3,(H,21,22)/t13-,15-/m1/s1. The molecule has 0 saturated carbocycles. The van der Waals surface area contributed by atoms with Gasteiger partial charge in [0, 0.05) is 19.0 Å². The summed E-state index contributed by atoms with van der Waals surface area (Å²) >= 11 is 0. The van der Waals surface area contributed by atoms with E-state index in [1.54, 1.807) is 36.1 Å². The largest absolute Gasteiger partial charge is 0.481 e. The highest BCUT2D eigenvalue weighted by molar-refractivity contribution is 5.81. The van der Waals surface area contributed by atoms with Crippen LogP contribution in [0.5, 0.6) is 5.75 Å². The molecule has 0 spiro atoms. The fourth-order valence-corrected chi connectivity index (χ4v) is 3.01. The normalized spacial score (nSPS) is 18.5. The number of nitrogens with zero attached hydrogens (tertiary/aromatic N) is 2. The molecule has 6 nitrogen and oxygen atoms in total. The molecule has 1 amide bonds. The quantitative estimate of drug-likeness (QED) is 0.865. The van der Waals surface area contributed by atoms with Crippen LogP contribution in [0.25, 0.3) is 0 Å². The number of likely N-dealkylation sites (tertiary alicyclic amines) is 1. The highest BCUT2D eigenvalue weighted by Gasteiger charge is 2.30. The molecule has 1 aromatic carbocycles. The van der Waals surface area contributed by atoms with E-state index in [0.717, 1.165) is 19.3 Å².